The summed E-state index contributed by atoms with van der Waals surface area (Å²) < 4.78 is 0. The first kappa shape index (κ1) is 13.4. The largest absolute Gasteiger partial charge is 0.294 e. The second kappa shape index (κ2) is 6.85. The number of para-hydroxylation sites is 2. The molecule has 6 heteroatoms. The highest BCUT2D eigenvalue weighted by molar-refractivity contribution is 5.88. The molecular formula is C12H13N3O3. The molecule has 0 fully saturated rings. The van der Waals surface area contributed by atoms with Crippen molar-refractivity contribution in [3.63, 3.8) is 0 Å². The van der Waals surface area contributed by atoms with Gasteiger partial charge in [-0.25, -0.2) is 0 Å². The number of hydrogen-bond acceptors (Lipinski definition) is 4. The van der Waals surface area contributed by atoms with Crippen LogP contribution in [-0.2, 0) is 4.79 Å². The van der Waals surface area contributed by atoms with Gasteiger partial charge in [0.15, 0.2) is 0 Å². The number of nitro benzene ring substituents is 1. The highest BCUT2D eigenvalue weighted by atomic mass is 16.6. The molecule has 0 aliphatic heterocycles. The number of hydrazine groups is 1. The van der Waals surface area contributed by atoms with Crippen molar-refractivity contribution in [3.8, 4) is 0 Å². The lowest BCUT2D eigenvalue weighted by Crippen LogP contribution is -2.27. The lowest BCUT2D eigenvalue weighted by molar-refractivity contribution is -0.384. The van der Waals surface area contributed by atoms with E-state index in [1.807, 2.05) is 6.92 Å². The average Bonchev–Trinajstić information content (AvgIpc) is 2.37. The molecule has 18 heavy (non-hydrogen) atoms. The number of nitro groups is 1. The number of rotatable bonds is 5. The summed E-state index contributed by atoms with van der Waals surface area (Å²) >= 11 is 0. The smallest absolute Gasteiger partial charge is 0.292 e. The molecule has 0 saturated carbocycles. The van der Waals surface area contributed by atoms with E-state index in [-0.39, 0.29) is 11.4 Å². The quantitative estimate of drug-likeness (QED) is 0.361. The van der Waals surface area contributed by atoms with Gasteiger partial charge in [-0.2, -0.15) is 0 Å². The molecule has 94 valence electrons. The number of allylic oxidation sites excluding steroid dienone is 3. The van der Waals surface area contributed by atoms with Crippen LogP contribution in [0.3, 0.4) is 0 Å². The predicted octanol–water partition coefficient (Wildman–Crippen LogP) is 2.17. The molecule has 0 spiro atoms. The van der Waals surface area contributed by atoms with Crippen LogP contribution >= 0.6 is 0 Å². The maximum absolute atomic E-state index is 11.3. The van der Waals surface area contributed by atoms with E-state index in [2.05, 4.69) is 10.9 Å². The normalized spacial score (nSPS) is 10.7. The summed E-state index contributed by atoms with van der Waals surface area (Å²) in [4.78, 5) is 21.5. The highest BCUT2D eigenvalue weighted by Crippen LogP contribution is 2.21. The molecule has 0 unspecified atom stereocenters. The molecule has 1 rings (SSSR count). The summed E-state index contributed by atoms with van der Waals surface area (Å²) in [5.74, 6) is -0.397. The highest BCUT2D eigenvalue weighted by Gasteiger charge is 2.11. The van der Waals surface area contributed by atoms with Crippen molar-refractivity contribution in [3.05, 3.63) is 58.7 Å². The van der Waals surface area contributed by atoms with E-state index in [0.717, 1.165) is 0 Å². The number of hydrogen-bond donors (Lipinski definition) is 2. The van der Waals surface area contributed by atoms with E-state index >= 15 is 0 Å². The molecule has 6 nitrogen and oxygen atoms in total. The second-order valence-corrected chi connectivity index (χ2v) is 3.27. The minimum absolute atomic E-state index is 0.102. The number of carbonyl (C=O) groups is 1. The fourth-order valence-corrected chi connectivity index (χ4v) is 1.16. The van der Waals surface area contributed by atoms with Crippen LogP contribution in [0.15, 0.2) is 48.6 Å². The molecule has 1 amide bonds. The van der Waals surface area contributed by atoms with Crippen molar-refractivity contribution in [2.45, 2.75) is 6.92 Å². The van der Waals surface area contributed by atoms with Gasteiger partial charge in [0.2, 0.25) is 0 Å². The maximum atomic E-state index is 11.3. The number of anilines is 1. The Bertz CT molecular complexity index is 495. The summed E-state index contributed by atoms with van der Waals surface area (Å²) in [6, 6.07) is 6.05. The number of nitrogens with zero attached hydrogens (tertiary/aromatic N) is 1. The third-order valence-electron chi connectivity index (χ3n) is 1.97. The Balaban J connectivity index is 2.64. The van der Waals surface area contributed by atoms with Gasteiger partial charge >= 0.3 is 0 Å². The van der Waals surface area contributed by atoms with E-state index in [9.17, 15) is 14.9 Å². The van der Waals surface area contributed by atoms with Gasteiger partial charge < -0.3 is 0 Å². The van der Waals surface area contributed by atoms with Gasteiger partial charge in [0.1, 0.15) is 5.69 Å². The molecule has 0 bridgehead atoms. The molecule has 0 aromatic heterocycles. The molecule has 0 aliphatic carbocycles. The zero-order valence-electron chi connectivity index (χ0n) is 9.79. The van der Waals surface area contributed by atoms with Crippen LogP contribution in [0.5, 0.6) is 0 Å². The average molecular weight is 247 g/mol. The monoisotopic (exact) mass is 247 g/mol. The van der Waals surface area contributed by atoms with Crippen LogP contribution in [0.1, 0.15) is 6.92 Å². The molecule has 0 aliphatic rings. The molecule has 1 aromatic rings. The fourth-order valence-electron chi connectivity index (χ4n) is 1.16. The lowest BCUT2D eigenvalue weighted by Gasteiger charge is -2.06. The Labute approximate surface area is 104 Å². The summed E-state index contributed by atoms with van der Waals surface area (Å²) in [5, 5.41) is 10.7. The first-order chi connectivity index (χ1) is 8.65. The molecule has 1 aromatic carbocycles. The van der Waals surface area contributed by atoms with E-state index in [4.69, 9.17) is 0 Å². The van der Waals surface area contributed by atoms with E-state index in [1.54, 1.807) is 30.4 Å². The van der Waals surface area contributed by atoms with Crippen LogP contribution in [-0.4, -0.2) is 10.8 Å². The Morgan fingerprint density at radius 3 is 2.72 bits per heavy atom. The van der Waals surface area contributed by atoms with Gasteiger partial charge in [0.25, 0.3) is 11.6 Å². The number of benzene rings is 1. The molecular weight excluding hydrogens is 234 g/mol. The van der Waals surface area contributed by atoms with Crippen LogP contribution in [0, 0.1) is 10.1 Å². The summed E-state index contributed by atoms with van der Waals surface area (Å²) in [6.07, 6.45) is 6.35. The first-order valence-corrected chi connectivity index (χ1v) is 5.24. The summed E-state index contributed by atoms with van der Waals surface area (Å²) in [6.45, 7) is 1.83. The van der Waals surface area contributed by atoms with E-state index < -0.39 is 10.8 Å². The van der Waals surface area contributed by atoms with Crippen LogP contribution in [0.4, 0.5) is 11.4 Å². The Hall–Kier alpha value is -2.63. The van der Waals surface area contributed by atoms with Gasteiger partial charge in [-0.15, -0.1) is 0 Å². The third-order valence-corrected chi connectivity index (χ3v) is 1.97. The zero-order valence-corrected chi connectivity index (χ0v) is 9.79. The lowest BCUT2D eigenvalue weighted by atomic mass is 10.3. The third kappa shape index (κ3) is 4.09. The van der Waals surface area contributed by atoms with Gasteiger partial charge in [0, 0.05) is 12.1 Å². The number of amides is 1. The number of nitrogens with one attached hydrogen (secondary N) is 2. The molecule has 0 atom stereocenters. The van der Waals surface area contributed by atoms with E-state index in [1.165, 1.54) is 18.2 Å². The molecule has 2 N–H and O–H groups in total. The zero-order chi connectivity index (χ0) is 13.4. The van der Waals surface area contributed by atoms with Crippen molar-refractivity contribution < 1.29 is 9.72 Å². The van der Waals surface area contributed by atoms with Crippen molar-refractivity contribution in [2.24, 2.45) is 0 Å². The van der Waals surface area contributed by atoms with Crippen molar-refractivity contribution >= 4 is 17.3 Å². The molecule has 0 saturated heterocycles. The van der Waals surface area contributed by atoms with E-state index in [0.29, 0.717) is 0 Å². The van der Waals surface area contributed by atoms with Gasteiger partial charge in [-0.3, -0.25) is 25.8 Å². The maximum Gasteiger partial charge on any atom is 0.294 e. The molecule has 0 heterocycles. The first-order valence-electron chi connectivity index (χ1n) is 5.24. The van der Waals surface area contributed by atoms with Gasteiger partial charge in [-0.05, 0) is 13.0 Å². The van der Waals surface area contributed by atoms with Crippen molar-refractivity contribution in [1.29, 1.82) is 0 Å². The van der Waals surface area contributed by atoms with Gasteiger partial charge in [0.05, 0.1) is 4.92 Å². The second-order valence-electron chi connectivity index (χ2n) is 3.27. The summed E-state index contributed by atoms with van der Waals surface area (Å²) in [5.41, 5.74) is 4.97. The SMILES string of the molecule is CC=CC=CC(=O)NNc1ccccc1[N+](=O)[O-]. The minimum Gasteiger partial charge on any atom is -0.292 e. The Morgan fingerprint density at radius 1 is 1.33 bits per heavy atom. The van der Waals surface area contributed by atoms with Crippen LogP contribution < -0.4 is 10.9 Å². The summed E-state index contributed by atoms with van der Waals surface area (Å²) in [7, 11) is 0. The topological polar surface area (TPSA) is 84.3 Å². The van der Waals surface area contributed by atoms with Crippen LogP contribution in [0.25, 0.3) is 0 Å². The van der Waals surface area contributed by atoms with Crippen molar-refractivity contribution in [1.82, 2.24) is 5.43 Å². The predicted molar refractivity (Wildman–Crippen MR) is 68.8 cm³/mol. The molecule has 0 radical (unpaired) electrons. The fraction of sp³-hybridized carbons (Fsp3) is 0.0833. The van der Waals surface area contributed by atoms with Gasteiger partial charge in [-0.1, -0.05) is 30.4 Å². The number of carbonyl (C=O) groups excluding carboxylic acids is 1. The van der Waals surface area contributed by atoms with Crippen LogP contribution in [0.2, 0.25) is 0 Å². The van der Waals surface area contributed by atoms with Crippen molar-refractivity contribution in [2.75, 3.05) is 5.43 Å². The minimum atomic E-state index is -0.524. The Kier molecular flexibility index (Phi) is 5.11. The standard InChI is InChI=1S/C12H13N3O3/c1-2-3-4-9-12(16)14-13-10-7-5-6-8-11(10)15(17)18/h2-9,13H,1H3,(H,14,16). The Morgan fingerprint density at radius 2 is 2.06 bits per heavy atom.